The van der Waals surface area contributed by atoms with Crippen molar-refractivity contribution in [3.63, 3.8) is 0 Å². The maximum atomic E-state index is 11.7. The van der Waals surface area contributed by atoms with Crippen LogP contribution in [0, 0.1) is 0 Å². The molecule has 2 atom stereocenters. The Hall–Kier alpha value is -0.650. The average molecular weight is 299 g/mol. The molecule has 1 saturated heterocycles. The van der Waals surface area contributed by atoms with Gasteiger partial charge in [-0.05, 0) is 53.6 Å². The van der Waals surface area contributed by atoms with Crippen molar-refractivity contribution in [2.75, 3.05) is 33.2 Å². The fourth-order valence-electron chi connectivity index (χ4n) is 3.32. The summed E-state index contributed by atoms with van der Waals surface area (Å²) in [5, 5.41) is 12.9. The van der Waals surface area contributed by atoms with Gasteiger partial charge in [0.2, 0.25) is 0 Å². The molecule has 1 fully saturated rings. The molecular formula is C16H33N3O2. The lowest BCUT2D eigenvalue weighted by Crippen LogP contribution is -2.55. The molecule has 0 aromatic heterocycles. The first kappa shape index (κ1) is 18.4. The number of hydrogen-bond donors (Lipinski definition) is 2. The minimum atomic E-state index is -0.774. The zero-order valence-electron chi connectivity index (χ0n) is 14.4. The van der Waals surface area contributed by atoms with Crippen LogP contribution in [0.25, 0.3) is 0 Å². The number of carbonyl (C=O) groups is 1. The second-order valence-corrected chi connectivity index (χ2v) is 6.79. The molecule has 5 heteroatoms. The Bertz CT molecular complexity index is 335. The lowest BCUT2D eigenvalue weighted by Gasteiger charge is -2.39. The number of aliphatic carboxylic acids is 1. The van der Waals surface area contributed by atoms with Crippen molar-refractivity contribution in [2.24, 2.45) is 0 Å². The highest BCUT2D eigenvalue weighted by Gasteiger charge is 2.36. The second-order valence-electron chi connectivity index (χ2n) is 6.79. The Balaban J connectivity index is 2.52. The van der Waals surface area contributed by atoms with Crippen LogP contribution in [0.4, 0.5) is 0 Å². The maximum Gasteiger partial charge on any atom is 0.323 e. The van der Waals surface area contributed by atoms with E-state index in [0.717, 1.165) is 32.6 Å². The Morgan fingerprint density at radius 2 is 2.10 bits per heavy atom. The normalized spacial score (nSPS) is 24.2. The van der Waals surface area contributed by atoms with E-state index in [1.807, 2.05) is 20.8 Å². The average Bonchev–Trinajstić information content (AvgIpc) is 2.39. The summed E-state index contributed by atoms with van der Waals surface area (Å²) in [6, 6.07) is 0.742. The van der Waals surface area contributed by atoms with Crippen molar-refractivity contribution in [3.8, 4) is 0 Å². The Morgan fingerprint density at radius 3 is 2.57 bits per heavy atom. The number of nitrogens with zero attached hydrogens (tertiary/aromatic N) is 2. The van der Waals surface area contributed by atoms with Crippen LogP contribution in [-0.4, -0.2) is 71.7 Å². The van der Waals surface area contributed by atoms with Crippen LogP contribution < -0.4 is 5.32 Å². The van der Waals surface area contributed by atoms with E-state index in [4.69, 9.17) is 0 Å². The quantitative estimate of drug-likeness (QED) is 0.713. The van der Waals surface area contributed by atoms with Crippen molar-refractivity contribution in [1.29, 1.82) is 0 Å². The standard InChI is InChI=1S/C16H33N3O2/c1-6-16(15(20)21,17-13(2)3)8-7-9-19-11-10-18(5)12-14(19)4/h13-14,17H,6-12H2,1-5H3,(H,20,21). The summed E-state index contributed by atoms with van der Waals surface area (Å²) >= 11 is 0. The zero-order valence-corrected chi connectivity index (χ0v) is 14.4. The summed E-state index contributed by atoms with van der Waals surface area (Å²) in [5.41, 5.74) is -0.774. The molecule has 1 heterocycles. The van der Waals surface area contributed by atoms with E-state index in [-0.39, 0.29) is 6.04 Å². The van der Waals surface area contributed by atoms with Crippen molar-refractivity contribution < 1.29 is 9.90 Å². The molecule has 1 aliphatic rings. The largest absolute Gasteiger partial charge is 0.480 e. The van der Waals surface area contributed by atoms with E-state index in [9.17, 15) is 9.90 Å². The molecule has 5 nitrogen and oxygen atoms in total. The van der Waals surface area contributed by atoms with Crippen LogP contribution in [0.15, 0.2) is 0 Å². The number of piperazine rings is 1. The highest BCUT2D eigenvalue weighted by Crippen LogP contribution is 2.20. The molecule has 0 aromatic carbocycles. The molecular weight excluding hydrogens is 266 g/mol. The van der Waals surface area contributed by atoms with Gasteiger partial charge in [-0.1, -0.05) is 6.92 Å². The van der Waals surface area contributed by atoms with Gasteiger partial charge in [-0.2, -0.15) is 0 Å². The van der Waals surface area contributed by atoms with Crippen LogP contribution in [0.2, 0.25) is 0 Å². The third-order valence-electron chi connectivity index (χ3n) is 4.59. The van der Waals surface area contributed by atoms with Crippen molar-refractivity contribution in [3.05, 3.63) is 0 Å². The molecule has 0 amide bonds. The fourth-order valence-corrected chi connectivity index (χ4v) is 3.32. The molecule has 0 radical (unpaired) electrons. The van der Waals surface area contributed by atoms with Gasteiger partial charge in [-0.25, -0.2) is 0 Å². The van der Waals surface area contributed by atoms with Gasteiger partial charge in [0.25, 0.3) is 0 Å². The Kier molecular flexibility index (Phi) is 7.10. The minimum absolute atomic E-state index is 0.184. The monoisotopic (exact) mass is 299 g/mol. The number of carboxylic acids is 1. The van der Waals surface area contributed by atoms with Crippen LogP contribution >= 0.6 is 0 Å². The van der Waals surface area contributed by atoms with Crippen LogP contribution in [-0.2, 0) is 4.79 Å². The Morgan fingerprint density at radius 1 is 1.43 bits per heavy atom. The SMILES string of the molecule is CCC(CCCN1CCN(C)CC1C)(NC(C)C)C(=O)O. The van der Waals surface area contributed by atoms with Crippen molar-refractivity contribution in [1.82, 2.24) is 15.1 Å². The topological polar surface area (TPSA) is 55.8 Å². The number of hydrogen-bond acceptors (Lipinski definition) is 4. The second kappa shape index (κ2) is 8.11. The summed E-state index contributed by atoms with van der Waals surface area (Å²) in [7, 11) is 2.16. The number of likely N-dealkylation sites (N-methyl/N-ethyl adjacent to an activating group) is 1. The molecule has 124 valence electrons. The van der Waals surface area contributed by atoms with Gasteiger partial charge < -0.3 is 10.0 Å². The van der Waals surface area contributed by atoms with E-state index in [1.54, 1.807) is 0 Å². The van der Waals surface area contributed by atoms with E-state index >= 15 is 0 Å². The smallest absolute Gasteiger partial charge is 0.323 e. The summed E-state index contributed by atoms with van der Waals surface area (Å²) in [4.78, 5) is 16.5. The van der Waals surface area contributed by atoms with Gasteiger partial charge in [0, 0.05) is 31.7 Å². The maximum absolute atomic E-state index is 11.7. The molecule has 2 N–H and O–H groups in total. The molecule has 0 bridgehead atoms. The summed E-state index contributed by atoms with van der Waals surface area (Å²) < 4.78 is 0. The van der Waals surface area contributed by atoms with Crippen LogP contribution in [0.3, 0.4) is 0 Å². The molecule has 0 aliphatic carbocycles. The zero-order chi connectivity index (χ0) is 16.0. The van der Waals surface area contributed by atoms with Crippen molar-refractivity contribution >= 4 is 5.97 Å². The molecule has 1 rings (SSSR count). The molecule has 0 saturated carbocycles. The van der Waals surface area contributed by atoms with E-state index < -0.39 is 11.5 Å². The predicted molar refractivity (Wildman–Crippen MR) is 86.7 cm³/mol. The van der Waals surface area contributed by atoms with Gasteiger partial charge in [0.05, 0.1) is 0 Å². The van der Waals surface area contributed by atoms with Crippen LogP contribution in [0.5, 0.6) is 0 Å². The lowest BCUT2D eigenvalue weighted by molar-refractivity contribution is -0.146. The van der Waals surface area contributed by atoms with Gasteiger partial charge in [-0.3, -0.25) is 15.0 Å². The van der Waals surface area contributed by atoms with Gasteiger partial charge >= 0.3 is 5.97 Å². The highest BCUT2D eigenvalue weighted by molar-refractivity contribution is 5.78. The van der Waals surface area contributed by atoms with Gasteiger partial charge in [0.15, 0.2) is 0 Å². The Labute approximate surface area is 129 Å². The summed E-state index contributed by atoms with van der Waals surface area (Å²) in [6.45, 7) is 12.5. The van der Waals surface area contributed by atoms with Crippen molar-refractivity contribution in [2.45, 2.75) is 64.6 Å². The molecule has 0 aromatic rings. The third kappa shape index (κ3) is 5.24. The number of carboxylic acid groups (broad SMARTS) is 1. The summed E-state index contributed by atoms with van der Waals surface area (Å²) in [6.07, 6.45) is 2.24. The summed E-state index contributed by atoms with van der Waals surface area (Å²) in [5.74, 6) is -0.717. The molecule has 0 spiro atoms. The lowest BCUT2D eigenvalue weighted by atomic mass is 9.89. The first-order valence-corrected chi connectivity index (χ1v) is 8.24. The molecule has 1 aliphatic heterocycles. The highest BCUT2D eigenvalue weighted by atomic mass is 16.4. The minimum Gasteiger partial charge on any atom is -0.480 e. The van der Waals surface area contributed by atoms with E-state index in [0.29, 0.717) is 18.9 Å². The van der Waals surface area contributed by atoms with Crippen LogP contribution in [0.1, 0.15) is 47.0 Å². The van der Waals surface area contributed by atoms with Gasteiger partial charge in [0.1, 0.15) is 5.54 Å². The first-order chi connectivity index (χ1) is 9.80. The fraction of sp³-hybridized carbons (Fsp3) is 0.938. The number of rotatable bonds is 8. The molecule has 21 heavy (non-hydrogen) atoms. The first-order valence-electron chi connectivity index (χ1n) is 8.24. The molecule has 2 unspecified atom stereocenters. The van der Waals surface area contributed by atoms with E-state index in [2.05, 4.69) is 29.1 Å². The third-order valence-corrected chi connectivity index (χ3v) is 4.59. The predicted octanol–water partition coefficient (Wildman–Crippen LogP) is 1.63. The van der Waals surface area contributed by atoms with Gasteiger partial charge in [-0.15, -0.1) is 0 Å². The van der Waals surface area contributed by atoms with E-state index in [1.165, 1.54) is 0 Å². The number of nitrogens with one attached hydrogen (secondary N) is 1.